The third-order valence-corrected chi connectivity index (χ3v) is 4.72. The first-order valence-corrected chi connectivity index (χ1v) is 7.50. The lowest BCUT2D eigenvalue weighted by Gasteiger charge is -2.26. The van der Waals surface area contributed by atoms with Crippen molar-refractivity contribution in [1.82, 2.24) is 4.90 Å². The minimum Gasteiger partial charge on any atom is -0.368 e. The number of benzene rings is 1. The first-order valence-electron chi connectivity index (χ1n) is 6.45. The van der Waals surface area contributed by atoms with E-state index in [-0.39, 0.29) is 17.4 Å². The van der Waals surface area contributed by atoms with Crippen molar-refractivity contribution in [3.05, 3.63) is 35.9 Å². The predicted octanol–water partition coefficient (Wildman–Crippen LogP) is 2.44. The molecular weight excluding hydrogens is 246 g/mol. The van der Waals surface area contributed by atoms with Crippen molar-refractivity contribution in [2.75, 3.05) is 18.9 Å². The Balaban J connectivity index is 1.77. The summed E-state index contributed by atoms with van der Waals surface area (Å²) >= 11 is 1.84. The van der Waals surface area contributed by atoms with Gasteiger partial charge < -0.3 is 9.64 Å². The molecule has 0 radical (unpaired) electrons. The quantitative estimate of drug-likeness (QED) is 0.821. The average Bonchev–Trinajstić information content (AvgIpc) is 3.10. The summed E-state index contributed by atoms with van der Waals surface area (Å²) in [5.41, 5.74) is 1.21. The Morgan fingerprint density at radius 3 is 2.89 bits per heavy atom. The largest absolute Gasteiger partial charge is 0.368 e. The van der Waals surface area contributed by atoms with E-state index in [2.05, 4.69) is 12.1 Å². The second-order valence-electron chi connectivity index (χ2n) is 4.67. The number of thioether (sulfide) groups is 1. The van der Waals surface area contributed by atoms with Gasteiger partial charge in [0.25, 0.3) is 5.91 Å². The molecular formula is C14H17NO2S. The maximum Gasteiger partial charge on any atom is 0.252 e. The molecule has 2 saturated heterocycles. The van der Waals surface area contributed by atoms with Crippen molar-refractivity contribution >= 4 is 17.7 Å². The third-order valence-electron chi connectivity index (χ3n) is 3.46. The molecule has 2 unspecified atom stereocenters. The van der Waals surface area contributed by atoms with Crippen molar-refractivity contribution in [3.8, 4) is 0 Å². The molecule has 2 aliphatic heterocycles. The predicted molar refractivity (Wildman–Crippen MR) is 72.3 cm³/mol. The molecule has 2 atom stereocenters. The molecule has 18 heavy (non-hydrogen) atoms. The van der Waals surface area contributed by atoms with Crippen LogP contribution < -0.4 is 0 Å². The monoisotopic (exact) mass is 263 g/mol. The van der Waals surface area contributed by atoms with E-state index in [9.17, 15) is 4.79 Å². The highest BCUT2D eigenvalue weighted by Crippen LogP contribution is 2.38. The Morgan fingerprint density at radius 1 is 1.33 bits per heavy atom. The van der Waals surface area contributed by atoms with Gasteiger partial charge >= 0.3 is 0 Å². The number of amides is 1. The highest BCUT2D eigenvalue weighted by Gasteiger charge is 2.36. The summed E-state index contributed by atoms with van der Waals surface area (Å²) in [5.74, 6) is 1.18. The summed E-state index contributed by atoms with van der Waals surface area (Å²) in [5, 5.41) is 0.169. The van der Waals surface area contributed by atoms with Gasteiger partial charge in [-0.15, -0.1) is 11.8 Å². The first kappa shape index (κ1) is 12.1. The molecule has 3 nitrogen and oxygen atoms in total. The molecule has 0 spiro atoms. The van der Waals surface area contributed by atoms with Crippen LogP contribution in [0.4, 0.5) is 0 Å². The molecule has 2 fully saturated rings. The molecule has 2 aliphatic rings. The summed E-state index contributed by atoms with van der Waals surface area (Å²) in [7, 11) is 0. The fourth-order valence-electron chi connectivity index (χ4n) is 2.55. The van der Waals surface area contributed by atoms with Gasteiger partial charge in [-0.1, -0.05) is 30.3 Å². The Kier molecular flexibility index (Phi) is 3.57. The number of rotatable bonds is 2. The SMILES string of the molecule is O=C(C1CCCO1)N1CCSC1c1ccccc1. The molecule has 0 N–H and O–H groups in total. The number of hydrogen-bond acceptors (Lipinski definition) is 3. The molecule has 0 saturated carbocycles. The van der Waals surface area contributed by atoms with Gasteiger partial charge in [0.1, 0.15) is 11.5 Å². The van der Waals surface area contributed by atoms with Gasteiger partial charge in [-0.3, -0.25) is 4.79 Å². The lowest BCUT2D eigenvalue weighted by atomic mass is 10.1. The van der Waals surface area contributed by atoms with E-state index in [4.69, 9.17) is 4.74 Å². The molecule has 1 amide bonds. The standard InChI is InChI=1S/C14H17NO2S/c16-13(12-7-4-9-17-12)15-8-10-18-14(15)11-5-2-1-3-6-11/h1-3,5-6,12,14H,4,7-10H2. The number of ether oxygens (including phenoxy) is 1. The minimum absolute atomic E-state index is 0.169. The highest BCUT2D eigenvalue weighted by molar-refractivity contribution is 7.99. The van der Waals surface area contributed by atoms with Crippen molar-refractivity contribution in [2.45, 2.75) is 24.3 Å². The molecule has 96 valence electrons. The van der Waals surface area contributed by atoms with E-state index >= 15 is 0 Å². The third kappa shape index (κ3) is 2.27. The van der Waals surface area contributed by atoms with Gasteiger partial charge in [-0.05, 0) is 18.4 Å². The van der Waals surface area contributed by atoms with E-state index in [1.807, 2.05) is 34.9 Å². The van der Waals surface area contributed by atoms with Gasteiger partial charge in [0.05, 0.1) is 0 Å². The van der Waals surface area contributed by atoms with Crippen molar-refractivity contribution in [1.29, 1.82) is 0 Å². The molecule has 4 heteroatoms. The Hall–Kier alpha value is -1.00. The topological polar surface area (TPSA) is 29.5 Å². The Labute approximate surface area is 111 Å². The minimum atomic E-state index is -0.199. The first-order chi connectivity index (χ1) is 8.86. The van der Waals surface area contributed by atoms with Crippen LogP contribution in [-0.4, -0.2) is 35.8 Å². The van der Waals surface area contributed by atoms with Gasteiger partial charge in [0, 0.05) is 18.9 Å². The van der Waals surface area contributed by atoms with E-state index in [1.165, 1.54) is 5.56 Å². The zero-order chi connectivity index (χ0) is 12.4. The molecule has 0 aliphatic carbocycles. The molecule has 3 rings (SSSR count). The van der Waals surface area contributed by atoms with Crippen LogP contribution >= 0.6 is 11.8 Å². The maximum absolute atomic E-state index is 12.4. The normalized spacial score (nSPS) is 27.7. The Morgan fingerprint density at radius 2 is 2.17 bits per heavy atom. The van der Waals surface area contributed by atoms with E-state index in [1.54, 1.807) is 0 Å². The summed E-state index contributed by atoms with van der Waals surface area (Å²) in [6.07, 6.45) is 1.68. The Bertz CT molecular complexity index is 417. The molecule has 1 aromatic rings. The van der Waals surface area contributed by atoms with Crippen LogP contribution in [0.2, 0.25) is 0 Å². The van der Waals surface area contributed by atoms with Crippen LogP contribution in [-0.2, 0) is 9.53 Å². The molecule has 1 aromatic carbocycles. The van der Waals surface area contributed by atoms with Crippen molar-refractivity contribution in [2.24, 2.45) is 0 Å². The molecule has 0 aromatic heterocycles. The zero-order valence-electron chi connectivity index (χ0n) is 10.2. The smallest absolute Gasteiger partial charge is 0.252 e. The lowest BCUT2D eigenvalue weighted by molar-refractivity contribution is -0.141. The van der Waals surface area contributed by atoms with E-state index in [0.717, 1.165) is 31.7 Å². The van der Waals surface area contributed by atoms with Crippen LogP contribution in [0.15, 0.2) is 30.3 Å². The lowest BCUT2D eigenvalue weighted by Crippen LogP contribution is -2.38. The van der Waals surface area contributed by atoms with Crippen LogP contribution in [0.5, 0.6) is 0 Å². The fourth-order valence-corrected chi connectivity index (χ4v) is 3.81. The van der Waals surface area contributed by atoms with Crippen LogP contribution in [0.25, 0.3) is 0 Å². The number of nitrogens with zero attached hydrogens (tertiary/aromatic N) is 1. The summed E-state index contributed by atoms with van der Waals surface area (Å²) in [6, 6.07) is 10.3. The van der Waals surface area contributed by atoms with Gasteiger partial charge in [0.2, 0.25) is 0 Å². The van der Waals surface area contributed by atoms with Crippen LogP contribution in [0.3, 0.4) is 0 Å². The molecule has 0 bridgehead atoms. The van der Waals surface area contributed by atoms with Gasteiger partial charge in [0.15, 0.2) is 0 Å². The summed E-state index contributed by atoms with van der Waals surface area (Å²) in [4.78, 5) is 14.4. The van der Waals surface area contributed by atoms with Crippen molar-refractivity contribution in [3.63, 3.8) is 0 Å². The van der Waals surface area contributed by atoms with Gasteiger partial charge in [-0.2, -0.15) is 0 Å². The maximum atomic E-state index is 12.4. The molecule has 2 heterocycles. The van der Waals surface area contributed by atoms with Gasteiger partial charge in [-0.25, -0.2) is 0 Å². The zero-order valence-corrected chi connectivity index (χ0v) is 11.1. The average molecular weight is 263 g/mol. The second-order valence-corrected chi connectivity index (χ2v) is 5.86. The number of hydrogen-bond donors (Lipinski definition) is 0. The van der Waals surface area contributed by atoms with E-state index < -0.39 is 0 Å². The second kappa shape index (κ2) is 5.33. The van der Waals surface area contributed by atoms with E-state index in [0.29, 0.717) is 0 Å². The highest BCUT2D eigenvalue weighted by atomic mass is 32.2. The van der Waals surface area contributed by atoms with Crippen LogP contribution in [0, 0.1) is 0 Å². The fraction of sp³-hybridized carbons (Fsp3) is 0.500. The van der Waals surface area contributed by atoms with Crippen molar-refractivity contribution < 1.29 is 9.53 Å². The summed E-state index contributed by atoms with van der Waals surface area (Å²) in [6.45, 7) is 1.57. The number of carbonyl (C=O) groups excluding carboxylic acids is 1. The van der Waals surface area contributed by atoms with Crippen LogP contribution in [0.1, 0.15) is 23.8 Å². The number of carbonyl (C=O) groups is 1. The summed E-state index contributed by atoms with van der Waals surface area (Å²) < 4.78 is 5.51.